The van der Waals surface area contributed by atoms with Crippen molar-refractivity contribution in [2.24, 2.45) is 0 Å². The molecule has 1 rings (SSSR count). The molecule has 0 aliphatic carbocycles. The molecule has 0 aromatic heterocycles. The van der Waals surface area contributed by atoms with Gasteiger partial charge >= 0.3 is 5.69 Å². The Bertz CT molecular complexity index is 563. The second-order valence-electron chi connectivity index (χ2n) is 3.01. The summed E-state index contributed by atoms with van der Waals surface area (Å²) in [6.07, 6.45) is 1.44. The lowest BCUT2D eigenvalue weighted by Crippen LogP contribution is -1.94. The molecule has 8 heteroatoms. The molecule has 1 aromatic carbocycles. The van der Waals surface area contributed by atoms with Crippen molar-refractivity contribution in [3.8, 4) is 5.75 Å². The molecule has 0 spiro atoms. The van der Waals surface area contributed by atoms with E-state index < -0.39 is 15.7 Å². The first-order valence-corrected chi connectivity index (χ1v) is 6.68. The Morgan fingerprint density at radius 2 is 2.22 bits per heavy atom. The van der Waals surface area contributed by atoms with Crippen LogP contribution in [0.4, 0.5) is 5.69 Å². The minimum Gasteiger partial charge on any atom is -0.490 e. The number of nitrogens with zero attached hydrogens (tertiary/aromatic N) is 1. The Kier molecular flexibility index (Phi) is 5.40. The van der Waals surface area contributed by atoms with Crippen LogP contribution in [0.5, 0.6) is 5.75 Å². The van der Waals surface area contributed by atoms with Crippen molar-refractivity contribution in [3.63, 3.8) is 0 Å². The zero-order valence-electron chi connectivity index (χ0n) is 9.27. The van der Waals surface area contributed by atoms with E-state index in [9.17, 15) is 18.5 Å². The second-order valence-corrected chi connectivity index (χ2v) is 4.90. The number of hydrogen-bond acceptors (Lipinski definition) is 5. The summed E-state index contributed by atoms with van der Waals surface area (Å²) in [5, 5.41) is 12.0. The monoisotopic (exact) mass is 287 g/mol. The van der Waals surface area contributed by atoms with E-state index in [0.29, 0.717) is 5.56 Å². The Labute approximate surface area is 109 Å². The fourth-order valence-electron chi connectivity index (χ4n) is 1.17. The number of rotatable bonds is 5. The van der Waals surface area contributed by atoms with E-state index >= 15 is 0 Å². The maximum absolute atomic E-state index is 11.1. The van der Waals surface area contributed by atoms with Gasteiger partial charge in [-0.3, -0.25) is 10.1 Å². The molecule has 0 saturated heterocycles. The third kappa shape index (κ3) is 3.90. The number of nitro benzene ring substituents is 1. The lowest BCUT2D eigenvalue weighted by molar-refractivity contribution is -0.385. The van der Waals surface area contributed by atoms with Crippen LogP contribution in [0.25, 0.3) is 6.08 Å². The molecule has 0 aliphatic rings. The summed E-state index contributed by atoms with van der Waals surface area (Å²) in [5.74, 6) is 0.153. The highest BCUT2D eigenvalue weighted by Crippen LogP contribution is 2.27. The zero-order valence-corrected chi connectivity index (χ0v) is 10.9. The highest BCUT2D eigenvalue weighted by molar-refractivity contribution is 8.09. The van der Waals surface area contributed by atoms with Crippen molar-refractivity contribution in [2.75, 3.05) is 7.11 Å². The lowest BCUT2D eigenvalue weighted by Gasteiger charge is -2.01. The van der Waals surface area contributed by atoms with Gasteiger partial charge in [0, 0.05) is 11.5 Å². The molecule has 0 amide bonds. The predicted octanol–water partition coefficient (Wildman–Crippen LogP) is 1.30. The molecule has 0 bridgehead atoms. The van der Waals surface area contributed by atoms with Crippen LogP contribution in [-0.2, 0) is 22.1 Å². The normalized spacial score (nSPS) is 12.1. The number of methoxy groups -OCH3 is 1. The van der Waals surface area contributed by atoms with Gasteiger partial charge in [0.15, 0.2) is 5.75 Å². The number of nitro groups is 1. The summed E-state index contributed by atoms with van der Waals surface area (Å²) in [7, 11) is -0.161. The van der Waals surface area contributed by atoms with Crippen molar-refractivity contribution >= 4 is 38.5 Å². The van der Waals surface area contributed by atoms with Crippen LogP contribution in [0.3, 0.4) is 0 Å². The van der Waals surface area contributed by atoms with Crippen LogP contribution in [0, 0.1) is 10.1 Å². The number of benzene rings is 1. The topological polar surface area (TPSA) is 86.5 Å². The summed E-state index contributed by atoms with van der Waals surface area (Å²) in [6, 6.07) is 4.34. The summed E-state index contributed by atoms with van der Waals surface area (Å²) in [4.78, 5) is 10.2. The van der Waals surface area contributed by atoms with Gasteiger partial charge in [0.1, 0.15) is 4.70 Å². The van der Waals surface area contributed by atoms with Gasteiger partial charge in [0.25, 0.3) is 0 Å². The minimum atomic E-state index is -1.50. The Morgan fingerprint density at radius 1 is 1.50 bits per heavy atom. The summed E-state index contributed by atoms with van der Waals surface area (Å²) in [6.45, 7) is 0. The number of hydrogen-bond donors (Lipinski definition) is 0. The average molecular weight is 287 g/mol. The SMILES string of the molecule is COc1ccc(C=CS(=O)C=S=O)cc1[N+](=O)[O-]. The Morgan fingerprint density at radius 3 is 2.78 bits per heavy atom. The van der Waals surface area contributed by atoms with Gasteiger partial charge in [0.05, 0.1) is 34.1 Å². The molecular weight excluding hydrogens is 278 g/mol. The molecule has 0 aliphatic heterocycles. The maximum Gasteiger partial charge on any atom is 0.311 e. The van der Waals surface area contributed by atoms with Crippen LogP contribution in [0.2, 0.25) is 0 Å². The van der Waals surface area contributed by atoms with Crippen LogP contribution in [0.1, 0.15) is 5.56 Å². The first-order chi connectivity index (χ1) is 8.58. The highest BCUT2D eigenvalue weighted by Gasteiger charge is 2.14. The van der Waals surface area contributed by atoms with Crippen molar-refractivity contribution < 1.29 is 18.1 Å². The molecule has 0 radical (unpaired) electrons. The van der Waals surface area contributed by atoms with Gasteiger partial charge in [-0.1, -0.05) is 6.07 Å². The first-order valence-electron chi connectivity index (χ1n) is 4.60. The molecule has 0 fully saturated rings. The van der Waals surface area contributed by atoms with Crippen LogP contribution in [-0.4, -0.2) is 25.2 Å². The molecule has 1 atom stereocenters. The van der Waals surface area contributed by atoms with Crippen molar-refractivity contribution in [2.45, 2.75) is 0 Å². The van der Waals surface area contributed by atoms with Crippen LogP contribution in [0.15, 0.2) is 23.6 Å². The molecule has 6 nitrogen and oxygen atoms in total. The second kappa shape index (κ2) is 6.82. The van der Waals surface area contributed by atoms with E-state index in [0.717, 1.165) is 4.70 Å². The number of ether oxygens (including phenoxy) is 1. The van der Waals surface area contributed by atoms with E-state index in [2.05, 4.69) is 0 Å². The van der Waals surface area contributed by atoms with Crippen LogP contribution >= 0.6 is 0 Å². The Balaban J connectivity index is 3.05. The van der Waals surface area contributed by atoms with E-state index in [1.807, 2.05) is 0 Å². The van der Waals surface area contributed by atoms with E-state index in [-0.39, 0.29) is 22.7 Å². The van der Waals surface area contributed by atoms with Gasteiger partial charge in [-0.2, -0.15) is 0 Å². The molecule has 18 heavy (non-hydrogen) atoms. The first kappa shape index (κ1) is 14.3. The molecule has 1 unspecified atom stereocenters. The fourth-order valence-corrected chi connectivity index (χ4v) is 2.03. The van der Waals surface area contributed by atoms with E-state index in [1.54, 1.807) is 6.07 Å². The van der Waals surface area contributed by atoms with Crippen molar-refractivity contribution in [3.05, 3.63) is 39.3 Å². The third-order valence-corrected chi connectivity index (χ3v) is 3.41. The fraction of sp³-hybridized carbons (Fsp3) is 0.100. The standard InChI is InChI=1S/C10H9NO5S2/c1-16-10-3-2-8(6-9(10)11(12)13)4-5-18(15)7-17-14/h2-7H,1H3. The average Bonchev–Trinajstić information content (AvgIpc) is 2.36. The van der Waals surface area contributed by atoms with Gasteiger partial charge in [0.2, 0.25) is 0 Å². The molecule has 96 valence electrons. The summed E-state index contributed by atoms with van der Waals surface area (Å²) in [5.41, 5.74) is 0.327. The minimum absolute atomic E-state index is 0.104. The van der Waals surface area contributed by atoms with Gasteiger partial charge in [-0.05, 0) is 17.7 Å². The third-order valence-electron chi connectivity index (χ3n) is 1.93. The molecule has 0 N–H and O–H groups in total. The maximum atomic E-state index is 11.1. The van der Waals surface area contributed by atoms with Gasteiger partial charge in [-0.25, -0.2) is 8.42 Å². The molecule has 0 heterocycles. The van der Waals surface area contributed by atoms with Crippen LogP contribution < -0.4 is 4.74 Å². The Hall–Kier alpha value is -1.80. The zero-order chi connectivity index (χ0) is 13.5. The highest BCUT2D eigenvalue weighted by atomic mass is 32.2. The van der Waals surface area contributed by atoms with Gasteiger partial charge < -0.3 is 4.74 Å². The molecular formula is C10H9NO5S2. The quantitative estimate of drug-likeness (QED) is 0.463. The lowest BCUT2D eigenvalue weighted by atomic mass is 10.2. The molecule has 0 saturated carbocycles. The van der Waals surface area contributed by atoms with Crippen molar-refractivity contribution in [1.82, 2.24) is 0 Å². The summed E-state index contributed by atoms with van der Waals surface area (Å²) < 4.78 is 27.1. The van der Waals surface area contributed by atoms with Crippen molar-refractivity contribution in [1.29, 1.82) is 0 Å². The van der Waals surface area contributed by atoms with E-state index in [1.165, 1.54) is 30.7 Å². The largest absolute Gasteiger partial charge is 0.490 e. The predicted molar refractivity (Wildman–Crippen MR) is 71.0 cm³/mol. The van der Waals surface area contributed by atoms with Gasteiger partial charge in [-0.15, -0.1) is 0 Å². The summed E-state index contributed by atoms with van der Waals surface area (Å²) >= 11 is 0.104. The molecule has 1 aromatic rings. The smallest absolute Gasteiger partial charge is 0.311 e. The van der Waals surface area contributed by atoms with E-state index in [4.69, 9.17) is 4.74 Å².